The van der Waals surface area contributed by atoms with Gasteiger partial charge in [-0.25, -0.2) is 4.79 Å². The average Bonchev–Trinajstić information content (AvgIpc) is 3.29. The number of rotatable bonds is 4. The molecule has 0 saturated carbocycles. The van der Waals surface area contributed by atoms with E-state index in [1.54, 1.807) is 12.1 Å². The smallest absolute Gasteiger partial charge is 0.341 e. The van der Waals surface area contributed by atoms with Gasteiger partial charge in [-0.1, -0.05) is 48.5 Å². The van der Waals surface area contributed by atoms with E-state index < -0.39 is 11.9 Å². The standard InChI is InChI=1S/C22H17NO4S/c1-13-18(14-8-4-3-5-9-14)19(22(25)26-2)21(28-13)23-20(24)17-12-15-10-6-7-11-16(15)27-17/h3-12H,1-2H3,(H,23,24). The highest BCUT2D eigenvalue weighted by Gasteiger charge is 2.26. The van der Waals surface area contributed by atoms with E-state index in [1.807, 2.05) is 55.5 Å². The molecule has 0 aliphatic rings. The van der Waals surface area contributed by atoms with Gasteiger partial charge in [0.2, 0.25) is 0 Å². The normalized spacial score (nSPS) is 10.8. The zero-order chi connectivity index (χ0) is 19.7. The Morgan fingerprint density at radius 1 is 1.04 bits per heavy atom. The molecule has 6 heteroatoms. The number of para-hydroxylation sites is 1. The summed E-state index contributed by atoms with van der Waals surface area (Å²) in [6, 6.07) is 18.6. The molecule has 0 unspecified atom stereocenters. The number of aryl methyl sites for hydroxylation is 1. The topological polar surface area (TPSA) is 68.5 Å². The van der Waals surface area contributed by atoms with Crippen LogP contribution in [0.2, 0.25) is 0 Å². The highest BCUT2D eigenvalue weighted by atomic mass is 32.1. The fourth-order valence-corrected chi connectivity index (χ4v) is 4.20. The first kappa shape index (κ1) is 18.0. The molecule has 0 fully saturated rings. The maximum Gasteiger partial charge on any atom is 0.341 e. The number of carbonyl (C=O) groups excluding carboxylic acids is 2. The van der Waals surface area contributed by atoms with Crippen molar-refractivity contribution in [2.24, 2.45) is 0 Å². The monoisotopic (exact) mass is 391 g/mol. The molecular weight excluding hydrogens is 374 g/mol. The first-order valence-corrected chi connectivity index (χ1v) is 9.47. The maximum atomic E-state index is 12.8. The number of benzene rings is 2. The van der Waals surface area contributed by atoms with Crippen LogP contribution in [0.3, 0.4) is 0 Å². The summed E-state index contributed by atoms with van der Waals surface area (Å²) in [5.74, 6) is -0.727. The minimum absolute atomic E-state index is 0.185. The molecule has 0 bridgehead atoms. The molecule has 140 valence electrons. The number of nitrogens with one attached hydrogen (secondary N) is 1. The Morgan fingerprint density at radius 3 is 2.46 bits per heavy atom. The first-order chi connectivity index (χ1) is 13.6. The summed E-state index contributed by atoms with van der Waals surface area (Å²) in [6.45, 7) is 1.91. The van der Waals surface area contributed by atoms with E-state index in [2.05, 4.69) is 5.32 Å². The van der Waals surface area contributed by atoms with E-state index in [9.17, 15) is 9.59 Å². The molecule has 4 rings (SSSR count). The molecule has 5 nitrogen and oxygen atoms in total. The molecule has 2 heterocycles. The van der Waals surface area contributed by atoms with Crippen molar-refractivity contribution >= 4 is 39.2 Å². The van der Waals surface area contributed by atoms with Gasteiger partial charge in [-0.3, -0.25) is 4.79 Å². The van der Waals surface area contributed by atoms with Gasteiger partial charge in [0.1, 0.15) is 16.1 Å². The fraction of sp³-hybridized carbons (Fsp3) is 0.0909. The van der Waals surface area contributed by atoms with E-state index in [4.69, 9.17) is 9.15 Å². The quantitative estimate of drug-likeness (QED) is 0.466. The lowest BCUT2D eigenvalue weighted by molar-refractivity contribution is 0.0603. The van der Waals surface area contributed by atoms with Gasteiger partial charge in [-0.05, 0) is 24.6 Å². The minimum atomic E-state index is -0.497. The molecule has 4 aromatic rings. The van der Waals surface area contributed by atoms with Gasteiger partial charge in [0.05, 0.1) is 7.11 Å². The number of furan rings is 1. The third-order valence-corrected chi connectivity index (χ3v) is 5.43. The second kappa shape index (κ2) is 7.32. The Bertz CT molecular complexity index is 1140. The number of methoxy groups -OCH3 is 1. The van der Waals surface area contributed by atoms with Crippen LogP contribution in [0.1, 0.15) is 25.8 Å². The molecule has 2 aromatic heterocycles. The maximum absolute atomic E-state index is 12.8. The van der Waals surface area contributed by atoms with Crippen LogP contribution in [0.15, 0.2) is 65.1 Å². The van der Waals surface area contributed by atoms with E-state index in [-0.39, 0.29) is 5.76 Å². The molecular formula is C22H17NO4S. The summed E-state index contributed by atoms with van der Waals surface area (Å²) in [4.78, 5) is 26.2. The predicted octanol–water partition coefficient (Wildman–Crippen LogP) is 5.51. The van der Waals surface area contributed by atoms with Crippen molar-refractivity contribution in [2.45, 2.75) is 6.92 Å². The van der Waals surface area contributed by atoms with Crippen molar-refractivity contribution in [3.63, 3.8) is 0 Å². The number of esters is 1. The SMILES string of the molecule is COC(=O)c1c(NC(=O)c2cc3ccccc3o2)sc(C)c1-c1ccccc1. The minimum Gasteiger partial charge on any atom is -0.465 e. The molecule has 0 saturated heterocycles. The second-order valence-electron chi connectivity index (χ2n) is 6.20. The van der Waals surface area contributed by atoms with Crippen LogP contribution in [-0.2, 0) is 4.74 Å². The number of fused-ring (bicyclic) bond motifs is 1. The number of carbonyl (C=O) groups is 2. The first-order valence-electron chi connectivity index (χ1n) is 8.65. The van der Waals surface area contributed by atoms with Crippen LogP contribution < -0.4 is 5.32 Å². The molecule has 0 radical (unpaired) electrons. The fourth-order valence-electron chi connectivity index (χ4n) is 3.14. The summed E-state index contributed by atoms with van der Waals surface area (Å²) < 4.78 is 10.6. The zero-order valence-electron chi connectivity index (χ0n) is 15.3. The summed E-state index contributed by atoms with van der Waals surface area (Å²) in [5.41, 5.74) is 2.63. The Labute approximate surface area is 165 Å². The van der Waals surface area contributed by atoms with Gasteiger partial charge in [0.15, 0.2) is 5.76 Å². The van der Waals surface area contributed by atoms with Crippen LogP contribution in [0.25, 0.3) is 22.1 Å². The Kier molecular flexibility index (Phi) is 4.71. The summed E-state index contributed by atoms with van der Waals surface area (Å²) in [5, 5.41) is 4.10. The molecule has 2 aromatic carbocycles. The number of hydrogen-bond donors (Lipinski definition) is 1. The van der Waals surface area contributed by atoms with Crippen LogP contribution in [0.4, 0.5) is 5.00 Å². The predicted molar refractivity (Wildman–Crippen MR) is 110 cm³/mol. The second-order valence-corrected chi connectivity index (χ2v) is 7.42. The lowest BCUT2D eigenvalue weighted by Crippen LogP contribution is -2.13. The molecule has 0 aliphatic carbocycles. The number of amides is 1. The van der Waals surface area contributed by atoms with Gasteiger partial charge in [0, 0.05) is 15.8 Å². The van der Waals surface area contributed by atoms with Crippen molar-refractivity contribution in [1.82, 2.24) is 0 Å². The van der Waals surface area contributed by atoms with Crippen LogP contribution in [0.5, 0.6) is 0 Å². The molecule has 1 N–H and O–H groups in total. The molecule has 0 atom stereocenters. The van der Waals surface area contributed by atoms with Crippen LogP contribution in [0, 0.1) is 6.92 Å². The van der Waals surface area contributed by atoms with Crippen molar-refractivity contribution < 1.29 is 18.7 Å². The summed E-state index contributed by atoms with van der Waals surface area (Å²) in [6.07, 6.45) is 0. The van der Waals surface area contributed by atoms with Gasteiger partial charge in [-0.2, -0.15) is 0 Å². The molecule has 28 heavy (non-hydrogen) atoms. The van der Waals surface area contributed by atoms with E-state index in [0.29, 0.717) is 16.1 Å². The lowest BCUT2D eigenvalue weighted by atomic mass is 10.0. The number of anilines is 1. The van der Waals surface area contributed by atoms with E-state index in [0.717, 1.165) is 21.4 Å². The number of thiophene rings is 1. The average molecular weight is 391 g/mol. The van der Waals surface area contributed by atoms with Crippen LogP contribution >= 0.6 is 11.3 Å². The highest BCUT2D eigenvalue weighted by Crippen LogP contribution is 2.40. The third kappa shape index (κ3) is 3.18. The number of ether oxygens (including phenoxy) is 1. The Morgan fingerprint density at radius 2 is 1.75 bits per heavy atom. The van der Waals surface area contributed by atoms with Gasteiger partial charge in [0.25, 0.3) is 5.91 Å². The largest absolute Gasteiger partial charge is 0.465 e. The zero-order valence-corrected chi connectivity index (χ0v) is 16.1. The Hall–Kier alpha value is -3.38. The molecule has 0 aliphatic heterocycles. The van der Waals surface area contributed by atoms with E-state index in [1.165, 1.54) is 18.4 Å². The van der Waals surface area contributed by atoms with Gasteiger partial charge < -0.3 is 14.5 Å². The van der Waals surface area contributed by atoms with Crippen molar-refractivity contribution in [3.05, 3.63) is 76.9 Å². The summed E-state index contributed by atoms with van der Waals surface area (Å²) in [7, 11) is 1.33. The van der Waals surface area contributed by atoms with Gasteiger partial charge in [-0.15, -0.1) is 11.3 Å². The third-order valence-electron chi connectivity index (χ3n) is 4.41. The van der Waals surface area contributed by atoms with Crippen molar-refractivity contribution in [2.75, 3.05) is 12.4 Å². The van der Waals surface area contributed by atoms with E-state index >= 15 is 0 Å². The summed E-state index contributed by atoms with van der Waals surface area (Å²) >= 11 is 1.33. The molecule has 0 spiro atoms. The highest BCUT2D eigenvalue weighted by molar-refractivity contribution is 7.17. The van der Waals surface area contributed by atoms with Crippen molar-refractivity contribution in [3.8, 4) is 11.1 Å². The Balaban J connectivity index is 1.75. The van der Waals surface area contributed by atoms with Gasteiger partial charge >= 0.3 is 5.97 Å². The molecule has 1 amide bonds. The van der Waals surface area contributed by atoms with Crippen LogP contribution in [-0.4, -0.2) is 19.0 Å². The number of hydrogen-bond acceptors (Lipinski definition) is 5. The van der Waals surface area contributed by atoms with Crippen molar-refractivity contribution in [1.29, 1.82) is 0 Å². The lowest BCUT2D eigenvalue weighted by Gasteiger charge is -2.07.